The summed E-state index contributed by atoms with van der Waals surface area (Å²) in [6.07, 6.45) is 0. The van der Waals surface area contributed by atoms with Crippen molar-refractivity contribution in [1.82, 2.24) is 0 Å². The minimum Gasteiger partial charge on any atom is -0.493 e. The maximum absolute atomic E-state index is 10.9. The van der Waals surface area contributed by atoms with Gasteiger partial charge in [0.15, 0.2) is 0 Å². The van der Waals surface area contributed by atoms with E-state index < -0.39 is 12.0 Å². The number of benzene rings is 1. The fourth-order valence-electron chi connectivity index (χ4n) is 2.32. The van der Waals surface area contributed by atoms with Crippen molar-refractivity contribution in [1.29, 1.82) is 0 Å². The van der Waals surface area contributed by atoms with Crippen LogP contribution in [-0.4, -0.2) is 23.7 Å². The first kappa shape index (κ1) is 11.9. The average molecular weight is 235 g/mol. The maximum Gasteiger partial charge on any atom is 0.321 e. The van der Waals surface area contributed by atoms with Crippen LogP contribution in [0.2, 0.25) is 0 Å². The zero-order chi connectivity index (χ0) is 12.6. The molecular weight excluding hydrogens is 218 g/mol. The number of nitrogens with two attached hydrogens (primary N) is 1. The van der Waals surface area contributed by atoms with Crippen molar-refractivity contribution in [2.45, 2.75) is 31.7 Å². The molecule has 0 aromatic heterocycles. The van der Waals surface area contributed by atoms with Gasteiger partial charge in [-0.15, -0.1) is 0 Å². The molecule has 1 aromatic rings. The Balaban J connectivity index is 2.40. The summed E-state index contributed by atoms with van der Waals surface area (Å²) in [6, 6.07) is 4.87. The number of hydrogen-bond acceptors (Lipinski definition) is 3. The topological polar surface area (TPSA) is 72.5 Å². The summed E-state index contributed by atoms with van der Waals surface area (Å²) in [4.78, 5) is 10.9. The van der Waals surface area contributed by atoms with E-state index in [0.717, 1.165) is 16.9 Å². The molecule has 0 saturated carbocycles. The maximum atomic E-state index is 10.9. The SMILES string of the molecule is CC1COc2cccc(C(C)[C@H](N)C(=O)O)c21. The predicted octanol–water partition coefficient (Wildman–Crippen LogP) is 1.70. The summed E-state index contributed by atoms with van der Waals surface area (Å²) in [5.41, 5.74) is 7.79. The molecule has 0 aliphatic carbocycles. The van der Waals surface area contributed by atoms with Crippen LogP contribution < -0.4 is 10.5 Å². The van der Waals surface area contributed by atoms with Crippen molar-refractivity contribution in [2.24, 2.45) is 5.73 Å². The van der Waals surface area contributed by atoms with Gasteiger partial charge in [-0.2, -0.15) is 0 Å². The van der Waals surface area contributed by atoms with E-state index in [1.54, 1.807) is 0 Å². The molecule has 1 aliphatic rings. The second kappa shape index (κ2) is 4.37. The Morgan fingerprint density at radius 2 is 2.29 bits per heavy atom. The van der Waals surface area contributed by atoms with Gasteiger partial charge in [0.2, 0.25) is 0 Å². The summed E-state index contributed by atoms with van der Waals surface area (Å²) < 4.78 is 5.55. The Morgan fingerprint density at radius 3 is 2.94 bits per heavy atom. The van der Waals surface area contributed by atoms with Gasteiger partial charge in [0, 0.05) is 17.4 Å². The molecule has 3 atom stereocenters. The molecule has 3 N–H and O–H groups in total. The van der Waals surface area contributed by atoms with Crippen LogP contribution in [0.25, 0.3) is 0 Å². The largest absolute Gasteiger partial charge is 0.493 e. The van der Waals surface area contributed by atoms with Crippen LogP contribution in [0.15, 0.2) is 18.2 Å². The molecular formula is C13H17NO3. The minimum absolute atomic E-state index is 0.216. The van der Waals surface area contributed by atoms with Gasteiger partial charge < -0.3 is 15.6 Å². The first-order valence-corrected chi connectivity index (χ1v) is 5.76. The molecule has 0 spiro atoms. The van der Waals surface area contributed by atoms with Crippen molar-refractivity contribution in [3.05, 3.63) is 29.3 Å². The van der Waals surface area contributed by atoms with Crippen LogP contribution in [0.5, 0.6) is 5.75 Å². The number of carboxylic acid groups (broad SMARTS) is 1. The molecule has 4 nitrogen and oxygen atoms in total. The highest BCUT2D eigenvalue weighted by Gasteiger charge is 2.29. The molecule has 2 rings (SSSR count). The van der Waals surface area contributed by atoms with E-state index >= 15 is 0 Å². The molecule has 0 bridgehead atoms. The highest BCUT2D eigenvalue weighted by atomic mass is 16.5. The summed E-state index contributed by atoms with van der Waals surface area (Å²) >= 11 is 0. The lowest BCUT2D eigenvalue weighted by atomic mass is 9.86. The second-order valence-corrected chi connectivity index (χ2v) is 4.62. The van der Waals surface area contributed by atoms with Gasteiger partial charge in [0.25, 0.3) is 0 Å². The first-order valence-electron chi connectivity index (χ1n) is 5.76. The van der Waals surface area contributed by atoms with E-state index in [9.17, 15) is 4.79 Å². The number of aliphatic carboxylic acids is 1. The van der Waals surface area contributed by atoms with Crippen molar-refractivity contribution < 1.29 is 14.6 Å². The van der Waals surface area contributed by atoms with Crippen LogP contribution in [0.4, 0.5) is 0 Å². The summed E-state index contributed by atoms with van der Waals surface area (Å²) in [5.74, 6) is -0.0302. The predicted molar refractivity (Wildman–Crippen MR) is 64.4 cm³/mol. The minimum atomic E-state index is -0.971. The Kier molecular flexibility index (Phi) is 3.07. The highest BCUT2D eigenvalue weighted by Crippen LogP contribution is 2.39. The van der Waals surface area contributed by atoms with Gasteiger partial charge in [0.05, 0.1) is 6.61 Å². The van der Waals surface area contributed by atoms with E-state index in [2.05, 4.69) is 6.92 Å². The summed E-state index contributed by atoms with van der Waals surface area (Å²) in [7, 11) is 0. The highest BCUT2D eigenvalue weighted by molar-refractivity contribution is 5.74. The van der Waals surface area contributed by atoms with E-state index in [-0.39, 0.29) is 5.92 Å². The fraction of sp³-hybridized carbons (Fsp3) is 0.462. The molecule has 4 heteroatoms. The standard InChI is InChI=1S/C13H17NO3/c1-7-6-17-10-5-3-4-9(11(7)10)8(2)12(14)13(15)16/h3-5,7-8,12H,6,14H2,1-2H3,(H,15,16)/t7?,8?,12-/m0/s1. The van der Waals surface area contributed by atoms with Gasteiger partial charge in [-0.1, -0.05) is 26.0 Å². The Hall–Kier alpha value is -1.55. The number of hydrogen-bond donors (Lipinski definition) is 2. The van der Waals surface area contributed by atoms with Crippen molar-refractivity contribution >= 4 is 5.97 Å². The molecule has 0 radical (unpaired) electrons. The van der Waals surface area contributed by atoms with Gasteiger partial charge in [-0.05, 0) is 11.6 Å². The summed E-state index contributed by atoms with van der Waals surface area (Å²) in [6.45, 7) is 4.58. The van der Waals surface area contributed by atoms with Gasteiger partial charge in [-0.25, -0.2) is 0 Å². The molecule has 0 saturated heterocycles. The normalized spacial score (nSPS) is 21.5. The Labute approximate surface area is 100 Å². The number of rotatable bonds is 3. The molecule has 92 valence electrons. The molecule has 0 fully saturated rings. The van der Waals surface area contributed by atoms with Gasteiger partial charge in [-0.3, -0.25) is 4.79 Å². The van der Waals surface area contributed by atoms with Crippen LogP contribution in [0.1, 0.15) is 36.8 Å². The van der Waals surface area contributed by atoms with Crippen molar-refractivity contribution in [3.63, 3.8) is 0 Å². The number of fused-ring (bicyclic) bond motifs is 1. The number of ether oxygens (including phenoxy) is 1. The third-order valence-corrected chi connectivity index (χ3v) is 3.40. The lowest BCUT2D eigenvalue weighted by Crippen LogP contribution is -2.35. The smallest absolute Gasteiger partial charge is 0.321 e. The van der Waals surface area contributed by atoms with E-state index in [0.29, 0.717) is 12.5 Å². The molecule has 2 unspecified atom stereocenters. The van der Waals surface area contributed by atoms with Gasteiger partial charge in [0.1, 0.15) is 11.8 Å². The molecule has 17 heavy (non-hydrogen) atoms. The molecule has 1 aliphatic heterocycles. The van der Waals surface area contributed by atoms with Crippen LogP contribution >= 0.6 is 0 Å². The van der Waals surface area contributed by atoms with Crippen LogP contribution in [0, 0.1) is 0 Å². The van der Waals surface area contributed by atoms with Crippen molar-refractivity contribution in [3.8, 4) is 5.75 Å². The second-order valence-electron chi connectivity index (χ2n) is 4.62. The Bertz CT molecular complexity index is 444. The van der Waals surface area contributed by atoms with E-state index in [1.807, 2.05) is 25.1 Å². The number of carbonyl (C=O) groups is 1. The molecule has 0 amide bonds. The third kappa shape index (κ3) is 2.00. The van der Waals surface area contributed by atoms with E-state index in [1.165, 1.54) is 0 Å². The van der Waals surface area contributed by atoms with Crippen molar-refractivity contribution in [2.75, 3.05) is 6.61 Å². The summed E-state index contributed by atoms with van der Waals surface area (Å²) in [5, 5.41) is 8.97. The molecule has 1 heterocycles. The average Bonchev–Trinajstić information content (AvgIpc) is 2.69. The van der Waals surface area contributed by atoms with E-state index in [4.69, 9.17) is 15.6 Å². The first-order chi connectivity index (χ1) is 8.02. The lowest BCUT2D eigenvalue weighted by Gasteiger charge is -2.20. The van der Waals surface area contributed by atoms with Gasteiger partial charge >= 0.3 is 5.97 Å². The zero-order valence-corrected chi connectivity index (χ0v) is 10.0. The fourth-order valence-corrected chi connectivity index (χ4v) is 2.32. The zero-order valence-electron chi connectivity index (χ0n) is 10.0. The monoisotopic (exact) mass is 235 g/mol. The lowest BCUT2D eigenvalue weighted by molar-refractivity contribution is -0.139. The number of carboxylic acids is 1. The quantitative estimate of drug-likeness (QED) is 0.836. The van der Waals surface area contributed by atoms with Crippen LogP contribution in [0.3, 0.4) is 0 Å². The van der Waals surface area contributed by atoms with Crippen LogP contribution in [-0.2, 0) is 4.79 Å². The third-order valence-electron chi connectivity index (χ3n) is 3.40. The molecule has 1 aromatic carbocycles. The Morgan fingerprint density at radius 1 is 1.59 bits per heavy atom.